The van der Waals surface area contributed by atoms with E-state index in [1.54, 1.807) is 11.0 Å². The molecule has 6 heteroatoms. The highest BCUT2D eigenvalue weighted by atomic mass is 35.5. The number of benzene rings is 2. The van der Waals surface area contributed by atoms with Crippen molar-refractivity contribution in [1.82, 2.24) is 10.2 Å². The summed E-state index contributed by atoms with van der Waals surface area (Å²) in [5, 5.41) is 3.62. The van der Waals surface area contributed by atoms with Crippen molar-refractivity contribution in [3.8, 4) is 0 Å². The first-order valence-electron chi connectivity index (χ1n) is 8.53. The Balaban J connectivity index is 1.63. The van der Waals surface area contributed by atoms with Crippen LogP contribution >= 0.6 is 11.6 Å². The molecule has 2 amide bonds. The van der Waals surface area contributed by atoms with Crippen molar-refractivity contribution in [1.29, 1.82) is 0 Å². The molecule has 26 heavy (non-hydrogen) atoms. The van der Waals surface area contributed by atoms with Crippen molar-refractivity contribution in [2.75, 3.05) is 25.5 Å². The van der Waals surface area contributed by atoms with Crippen LogP contribution in [0, 0.1) is 0 Å². The molecule has 0 saturated carbocycles. The molecule has 1 N–H and O–H groups in total. The van der Waals surface area contributed by atoms with Crippen LogP contribution < -0.4 is 10.2 Å². The van der Waals surface area contributed by atoms with Crippen molar-refractivity contribution in [2.45, 2.75) is 19.0 Å². The second-order valence-corrected chi connectivity index (χ2v) is 7.09. The maximum Gasteiger partial charge on any atom is 0.251 e. The van der Waals surface area contributed by atoms with Crippen LogP contribution in [0.15, 0.2) is 48.5 Å². The monoisotopic (exact) mass is 371 g/mol. The zero-order chi connectivity index (χ0) is 18.7. The molecule has 1 atom stereocenters. The molecule has 1 fully saturated rings. The fourth-order valence-corrected chi connectivity index (χ4v) is 3.24. The van der Waals surface area contributed by atoms with E-state index < -0.39 is 0 Å². The molecule has 0 bridgehead atoms. The summed E-state index contributed by atoms with van der Waals surface area (Å²) in [6, 6.07) is 14.7. The summed E-state index contributed by atoms with van der Waals surface area (Å²) < 4.78 is 0. The highest BCUT2D eigenvalue weighted by Crippen LogP contribution is 2.21. The summed E-state index contributed by atoms with van der Waals surface area (Å²) in [4.78, 5) is 28.5. The molecule has 0 aromatic heterocycles. The lowest BCUT2D eigenvalue weighted by Crippen LogP contribution is -2.37. The number of hydrogen-bond acceptors (Lipinski definition) is 3. The van der Waals surface area contributed by atoms with Gasteiger partial charge >= 0.3 is 0 Å². The summed E-state index contributed by atoms with van der Waals surface area (Å²) in [5.41, 5.74) is 2.46. The van der Waals surface area contributed by atoms with E-state index in [1.165, 1.54) is 0 Å². The van der Waals surface area contributed by atoms with E-state index in [0.717, 1.165) is 11.3 Å². The van der Waals surface area contributed by atoms with Gasteiger partial charge in [0.1, 0.15) is 0 Å². The molecule has 1 unspecified atom stereocenters. The fraction of sp³-hybridized carbons (Fsp3) is 0.300. The van der Waals surface area contributed by atoms with Crippen molar-refractivity contribution in [3.05, 3.63) is 64.7 Å². The fourth-order valence-electron chi connectivity index (χ4n) is 3.05. The minimum absolute atomic E-state index is 0.0252. The minimum Gasteiger partial charge on any atom is -0.378 e. The Bertz CT molecular complexity index is 822. The second-order valence-electron chi connectivity index (χ2n) is 6.68. The van der Waals surface area contributed by atoms with Crippen molar-refractivity contribution in [2.24, 2.45) is 0 Å². The Morgan fingerprint density at radius 3 is 2.73 bits per heavy atom. The average molecular weight is 372 g/mol. The van der Waals surface area contributed by atoms with Crippen molar-refractivity contribution < 1.29 is 9.59 Å². The van der Waals surface area contributed by atoms with Gasteiger partial charge in [0.25, 0.3) is 5.91 Å². The van der Waals surface area contributed by atoms with E-state index in [0.29, 0.717) is 30.1 Å². The van der Waals surface area contributed by atoms with E-state index in [2.05, 4.69) is 5.32 Å². The molecule has 3 rings (SSSR count). The molecule has 1 saturated heterocycles. The van der Waals surface area contributed by atoms with Crippen LogP contribution in [0.1, 0.15) is 22.3 Å². The first-order chi connectivity index (χ1) is 12.4. The Morgan fingerprint density at radius 1 is 1.23 bits per heavy atom. The molecule has 2 aromatic rings. The van der Waals surface area contributed by atoms with Crippen LogP contribution in [0.2, 0.25) is 5.02 Å². The molecule has 0 radical (unpaired) electrons. The van der Waals surface area contributed by atoms with Gasteiger partial charge < -0.3 is 15.1 Å². The van der Waals surface area contributed by atoms with E-state index in [9.17, 15) is 9.59 Å². The topological polar surface area (TPSA) is 52.7 Å². The van der Waals surface area contributed by atoms with E-state index >= 15 is 0 Å². The SMILES string of the molecule is CN(C)c1cccc(C(=O)NC2CC(=O)N(Cc3ccccc3Cl)C2)c1. The van der Waals surface area contributed by atoms with Gasteiger partial charge in [-0.05, 0) is 29.8 Å². The maximum absolute atomic E-state index is 12.5. The van der Waals surface area contributed by atoms with E-state index in [4.69, 9.17) is 11.6 Å². The molecule has 0 spiro atoms. The largest absolute Gasteiger partial charge is 0.378 e. The van der Waals surface area contributed by atoms with Crippen LogP contribution in [-0.4, -0.2) is 43.4 Å². The number of hydrogen-bond donors (Lipinski definition) is 1. The minimum atomic E-state index is -0.194. The molecule has 136 valence electrons. The lowest BCUT2D eigenvalue weighted by atomic mass is 10.1. The number of amides is 2. The number of carbonyl (C=O) groups is 2. The highest BCUT2D eigenvalue weighted by Gasteiger charge is 2.31. The van der Waals surface area contributed by atoms with Gasteiger partial charge in [0.05, 0.1) is 6.04 Å². The third-order valence-corrected chi connectivity index (χ3v) is 4.86. The normalized spacial score (nSPS) is 16.7. The Kier molecular flexibility index (Phi) is 5.47. The Morgan fingerprint density at radius 2 is 2.00 bits per heavy atom. The Hall–Kier alpha value is -2.53. The highest BCUT2D eigenvalue weighted by molar-refractivity contribution is 6.31. The van der Waals surface area contributed by atoms with Crippen LogP contribution in [0.25, 0.3) is 0 Å². The number of anilines is 1. The number of likely N-dealkylation sites (tertiary alicyclic amines) is 1. The molecule has 1 heterocycles. The molecule has 1 aliphatic heterocycles. The predicted octanol–water partition coefficient (Wildman–Crippen LogP) is 2.94. The first kappa shape index (κ1) is 18.3. The lowest BCUT2D eigenvalue weighted by molar-refractivity contribution is -0.128. The number of nitrogens with zero attached hydrogens (tertiary/aromatic N) is 2. The lowest BCUT2D eigenvalue weighted by Gasteiger charge is -2.18. The van der Waals surface area contributed by atoms with E-state index in [1.807, 2.05) is 61.5 Å². The van der Waals surface area contributed by atoms with Gasteiger partial charge in [0.15, 0.2) is 0 Å². The van der Waals surface area contributed by atoms with Gasteiger partial charge in [0, 0.05) is 49.9 Å². The van der Waals surface area contributed by atoms with Gasteiger partial charge in [-0.25, -0.2) is 0 Å². The van der Waals surface area contributed by atoms with Crippen LogP contribution in [0.5, 0.6) is 0 Å². The third kappa shape index (κ3) is 4.17. The average Bonchev–Trinajstić information content (AvgIpc) is 2.96. The molecular weight excluding hydrogens is 350 g/mol. The Labute approximate surface area is 158 Å². The van der Waals surface area contributed by atoms with Crippen LogP contribution in [0.3, 0.4) is 0 Å². The zero-order valence-electron chi connectivity index (χ0n) is 14.9. The number of nitrogens with one attached hydrogen (secondary N) is 1. The summed E-state index contributed by atoms with van der Waals surface area (Å²) in [6.45, 7) is 0.949. The first-order valence-corrected chi connectivity index (χ1v) is 8.91. The van der Waals surface area contributed by atoms with Gasteiger partial charge in [-0.2, -0.15) is 0 Å². The summed E-state index contributed by atoms with van der Waals surface area (Å²) in [5.74, 6) is -0.136. The standard InChI is InChI=1S/C20H22ClN3O2/c1-23(2)17-8-5-7-14(10-17)20(26)22-16-11-19(25)24(13-16)12-15-6-3-4-9-18(15)21/h3-10,16H,11-13H2,1-2H3,(H,22,26). The van der Waals surface area contributed by atoms with Crippen molar-refractivity contribution in [3.63, 3.8) is 0 Å². The van der Waals surface area contributed by atoms with Crippen LogP contribution in [-0.2, 0) is 11.3 Å². The number of carbonyl (C=O) groups excluding carboxylic acids is 2. The predicted molar refractivity (Wildman–Crippen MR) is 104 cm³/mol. The zero-order valence-corrected chi connectivity index (χ0v) is 15.7. The summed E-state index contributed by atoms with van der Waals surface area (Å²) in [7, 11) is 3.86. The van der Waals surface area contributed by atoms with Gasteiger partial charge in [-0.3, -0.25) is 9.59 Å². The molecule has 0 aliphatic carbocycles. The molecule has 2 aromatic carbocycles. The van der Waals surface area contributed by atoms with E-state index in [-0.39, 0.29) is 17.9 Å². The third-order valence-electron chi connectivity index (χ3n) is 4.49. The molecular formula is C20H22ClN3O2. The maximum atomic E-state index is 12.5. The number of halogens is 1. The smallest absolute Gasteiger partial charge is 0.251 e. The summed E-state index contributed by atoms with van der Waals surface area (Å²) >= 11 is 6.18. The van der Waals surface area contributed by atoms with Gasteiger partial charge in [0.2, 0.25) is 5.91 Å². The van der Waals surface area contributed by atoms with Crippen LogP contribution in [0.4, 0.5) is 5.69 Å². The van der Waals surface area contributed by atoms with Gasteiger partial charge in [-0.15, -0.1) is 0 Å². The quantitative estimate of drug-likeness (QED) is 0.879. The summed E-state index contributed by atoms with van der Waals surface area (Å²) in [6.07, 6.45) is 0.309. The molecule has 5 nitrogen and oxygen atoms in total. The van der Waals surface area contributed by atoms with Gasteiger partial charge in [-0.1, -0.05) is 35.9 Å². The number of rotatable bonds is 5. The van der Waals surface area contributed by atoms with Crippen molar-refractivity contribution >= 4 is 29.1 Å². The molecule has 1 aliphatic rings. The second kappa shape index (κ2) is 7.79.